The number of hydrogen-bond donors (Lipinski definition) is 1. The number of carbonyl (C=O) groups excluding carboxylic acids is 1. The summed E-state index contributed by atoms with van der Waals surface area (Å²) in [5.74, 6) is -0.811. The Balaban J connectivity index is 1.99. The van der Waals surface area contributed by atoms with Crippen LogP contribution in [0.1, 0.15) is 21.5 Å². The average Bonchev–Trinajstić information content (AvgIpc) is 2.68. The Morgan fingerprint density at radius 2 is 2.00 bits per heavy atom. The summed E-state index contributed by atoms with van der Waals surface area (Å²) in [6, 6.07) is 7.92. The van der Waals surface area contributed by atoms with Gasteiger partial charge < -0.3 is 19.0 Å². The van der Waals surface area contributed by atoms with Gasteiger partial charge in [0.05, 0.1) is 17.6 Å². The number of methoxy groups -OCH3 is 1. The first kappa shape index (κ1) is 18.9. The Labute approximate surface area is 157 Å². The van der Waals surface area contributed by atoms with Gasteiger partial charge in [0, 0.05) is 28.6 Å². The van der Waals surface area contributed by atoms with Crippen LogP contribution >= 0.6 is 0 Å². The topological polar surface area (TPSA) is 129 Å². The normalized spacial score (nSPS) is 10.6. The molecule has 1 aromatic heterocycles. The molecule has 0 amide bonds. The van der Waals surface area contributed by atoms with E-state index in [-0.39, 0.29) is 29.3 Å². The number of aromatic hydroxyl groups is 1. The lowest BCUT2D eigenvalue weighted by atomic mass is 10.1. The maximum atomic E-state index is 11.8. The standard InChI is InChI=1S/C19H15NO8/c1-10-15(21)5-4-13-12(8-17(22)28-18(10)13)9-27-16-6-3-11(19(23)26-2)7-14(16)20(24)25/h3-8,21H,9H2,1-2H3. The van der Waals surface area contributed by atoms with Crippen LogP contribution in [0.4, 0.5) is 5.69 Å². The number of phenols is 1. The van der Waals surface area contributed by atoms with Gasteiger partial charge in [0.25, 0.3) is 0 Å². The van der Waals surface area contributed by atoms with Crippen LogP contribution in [0.25, 0.3) is 11.0 Å². The minimum absolute atomic E-state index is 0.0125. The summed E-state index contributed by atoms with van der Waals surface area (Å²) >= 11 is 0. The summed E-state index contributed by atoms with van der Waals surface area (Å²) in [7, 11) is 1.17. The minimum atomic E-state index is -0.711. The Morgan fingerprint density at radius 3 is 2.68 bits per heavy atom. The zero-order chi connectivity index (χ0) is 20.4. The number of ether oxygens (including phenoxy) is 2. The largest absolute Gasteiger partial charge is 0.508 e. The van der Waals surface area contributed by atoms with Crippen LogP contribution < -0.4 is 10.4 Å². The third-order valence-electron chi connectivity index (χ3n) is 4.18. The van der Waals surface area contributed by atoms with E-state index in [1.165, 1.54) is 31.4 Å². The number of esters is 1. The molecule has 0 saturated heterocycles. The molecule has 1 heterocycles. The summed E-state index contributed by atoms with van der Waals surface area (Å²) in [5.41, 5.74) is -0.00927. The number of hydrogen-bond acceptors (Lipinski definition) is 8. The number of fused-ring (bicyclic) bond motifs is 1. The van der Waals surface area contributed by atoms with Gasteiger partial charge >= 0.3 is 17.3 Å². The number of rotatable bonds is 5. The van der Waals surface area contributed by atoms with Crippen molar-refractivity contribution in [3.8, 4) is 11.5 Å². The molecule has 0 bridgehead atoms. The molecule has 9 nitrogen and oxygen atoms in total. The number of nitrogens with zero attached hydrogens (tertiary/aromatic N) is 1. The fourth-order valence-corrected chi connectivity index (χ4v) is 2.72. The van der Waals surface area contributed by atoms with Gasteiger partial charge in [-0.2, -0.15) is 0 Å². The second kappa shape index (κ2) is 7.39. The number of phenolic OH excluding ortho intramolecular Hbond substituents is 1. The van der Waals surface area contributed by atoms with E-state index in [4.69, 9.17) is 9.15 Å². The molecule has 144 valence electrons. The molecule has 0 fully saturated rings. The first-order chi connectivity index (χ1) is 13.3. The Kier molecular flexibility index (Phi) is 4.99. The SMILES string of the molecule is COC(=O)c1ccc(OCc2cc(=O)oc3c(C)c(O)ccc23)c([N+](=O)[O-])c1. The van der Waals surface area contributed by atoms with Gasteiger partial charge in [-0.05, 0) is 31.2 Å². The summed E-state index contributed by atoms with van der Waals surface area (Å²) in [5, 5.41) is 21.6. The van der Waals surface area contributed by atoms with Crippen molar-refractivity contribution in [1.29, 1.82) is 0 Å². The van der Waals surface area contributed by atoms with Crippen molar-refractivity contribution < 1.29 is 28.7 Å². The zero-order valence-electron chi connectivity index (χ0n) is 14.9. The lowest BCUT2D eigenvalue weighted by Crippen LogP contribution is -2.07. The molecule has 9 heteroatoms. The van der Waals surface area contributed by atoms with Gasteiger partial charge in [-0.25, -0.2) is 9.59 Å². The van der Waals surface area contributed by atoms with Crippen LogP contribution in [0, 0.1) is 17.0 Å². The van der Waals surface area contributed by atoms with E-state index in [9.17, 15) is 24.8 Å². The lowest BCUT2D eigenvalue weighted by Gasteiger charge is -2.10. The van der Waals surface area contributed by atoms with Crippen LogP contribution in [0.2, 0.25) is 0 Å². The monoisotopic (exact) mass is 385 g/mol. The summed E-state index contributed by atoms with van der Waals surface area (Å²) in [6.07, 6.45) is 0. The molecule has 1 N–H and O–H groups in total. The summed E-state index contributed by atoms with van der Waals surface area (Å²) in [4.78, 5) is 34.1. The third-order valence-corrected chi connectivity index (χ3v) is 4.18. The van der Waals surface area contributed by atoms with Gasteiger partial charge in [0.1, 0.15) is 17.9 Å². The number of nitro groups is 1. The Bertz CT molecular complexity index is 1150. The van der Waals surface area contributed by atoms with Gasteiger partial charge in [-0.3, -0.25) is 10.1 Å². The van der Waals surface area contributed by atoms with Crippen molar-refractivity contribution in [2.24, 2.45) is 0 Å². The van der Waals surface area contributed by atoms with E-state index in [1.807, 2.05) is 0 Å². The second-order valence-electron chi connectivity index (χ2n) is 5.90. The molecule has 3 rings (SSSR count). The molecule has 0 unspecified atom stereocenters. The zero-order valence-corrected chi connectivity index (χ0v) is 14.9. The first-order valence-electron chi connectivity index (χ1n) is 8.06. The van der Waals surface area contributed by atoms with Crippen molar-refractivity contribution in [2.45, 2.75) is 13.5 Å². The number of carbonyl (C=O) groups is 1. The van der Waals surface area contributed by atoms with Crippen molar-refractivity contribution in [3.63, 3.8) is 0 Å². The van der Waals surface area contributed by atoms with Crippen molar-refractivity contribution in [1.82, 2.24) is 0 Å². The number of nitro benzene ring substituents is 1. The quantitative estimate of drug-likeness (QED) is 0.307. The van der Waals surface area contributed by atoms with Crippen LogP contribution in [0.3, 0.4) is 0 Å². The van der Waals surface area contributed by atoms with E-state index < -0.39 is 22.2 Å². The molecule has 0 aliphatic rings. The fourth-order valence-electron chi connectivity index (χ4n) is 2.72. The molecular formula is C19H15NO8. The van der Waals surface area contributed by atoms with E-state index in [1.54, 1.807) is 13.0 Å². The third kappa shape index (κ3) is 3.50. The molecule has 0 atom stereocenters. The molecule has 2 aromatic carbocycles. The van der Waals surface area contributed by atoms with Gasteiger partial charge in [0.15, 0.2) is 5.75 Å². The molecule has 3 aromatic rings. The summed E-state index contributed by atoms with van der Waals surface area (Å²) < 4.78 is 15.3. The van der Waals surface area contributed by atoms with Crippen LogP contribution in [0.5, 0.6) is 11.5 Å². The van der Waals surface area contributed by atoms with Gasteiger partial charge in [0.2, 0.25) is 0 Å². The minimum Gasteiger partial charge on any atom is -0.508 e. The first-order valence-corrected chi connectivity index (χ1v) is 8.06. The van der Waals surface area contributed by atoms with E-state index in [0.717, 1.165) is 6.07 Å². The molecule has 0 spiro atoms. The Morgan fingerprint density at radius 1 is 1.25 bits per heavy atom. The maximum Gasteiger partial charge on any atom is 0.338 e. The number of aryl methyl sites for hydroxylation is 1. The number of benzene rings is 2. The molecule has 0 radical (unpaired) electrons. The van der Waals surface area contributed by atoms with Crippen molar-refractivity contribution in [2.75, 3.05) is 7.11 Å². The molecule has 28 heavy (non-hydrogen) atoms. The second-order valence-corrected chi connectivity index (χ2v) is 5.90. The van der Waals surface area contributed by atoms with Crippen LogP contribution in [-0.4, -0.2) is 23.1 Å². The summed E-state index contributed by atoms with van der Waals surface area (Å²) in [6.45, 7) is 1.44. The highest BCUT2D eigenvalue weighted by Gasteiger charge is 2.20. The average molecular weight is 385 g/mol. The lowest BCUT2D eigenvalue weighted by molar-refractivity contribution is -0.386. The molecule has 0 aliphatic heterocycles. The van der Waals surface area contributed by atoms with E-state index in [0.29, 0.717) is 16.5 Å². The molecule has 0 aliphatic carbocycles. The molecular weight excluding hydrogens is 370 g/mol. The van der Waals surface area contributed by atoms with Crippen LogP contribution in [-0.2, 0) is 11.3 Å². The van der Waals surface area contributed by atoms with Gasteiger partial charge in [-0.1, -0.05) is 0 Å². The smallest absolute Gasteiger partial charge is 0.338 e. The highest BCUT2D eigenvalue weighted by molar-refractivity contribution is 5.90. The predicted octanol–water partition coefficient (Wildman–Crippen LogP) is 3.08. The van der Waals surface area contributed by atoms with Crippen LogP contribution in [0.15, 0.2) is 45.6 Å². The molecule has 0 saturated carbocycles. The van der Waals surface area contributed by atoms with Gasteiger partial charge in [-0.15, -0.1) is 0 Å². The highest BCUT2D eigenvalue weighted by Crippen LogP contribution is 2.31. The predicted molar refractivity (Wildman–Crippen MR) is 97.7 cm³/mol. The highest BCUT2D eigenvalue weighted by atomic mass is 16.6. The maximum absolute atomic E-state index is 11.8. The van der Waals surface area contributed by atoms with Crippen molar-refractivity contribution >= 4 is 22.6 Å². The fraction of sp³-hybridized carbons (Fsp3) is 0.158. The van der Waals surface area contributed by atoms with E-state index in [2.05, 4.69) is 4.74 Å². The van der Waals surface area contributed by atoms with E-state index >= 15 is 0 Å². The van der Waals surface area contributed by atoms with Crippen molar-refractivity contribution in [3.05, 3.63) is 73.6 Å². The Hall–Kier alpha value is -3.88.